The van der Waals surface area contributed by atoms with Gasteiger partial charge in [-0.3, -0.25) is 4.79 Å². The van der Waals surface area contributed by atoms with Crippen molar-refractivity contribution in [1.29, 1.82) is 0 Å². The van der Waals surface area contributed by atoms with Crippen LogP contribution in [0.1, 0.15) is 47.7 Å². The van der Waals surface area contributed by atoms with Gasteiger partial charge in [-0.05, 0) is 54.3 Å². The lowest BCUT2D eigenvalue weighted by atomic mass is 10.0. The largest absolute Gasteiger partial charge is 0.494 e. The Morgan fingerprint density at radius 1 is 1.00 bits per heavy atom. The lowest BCUT2D eigenvalue weighted by Gasteiger charge is -2.19. The van der Waals surface area contributed by atoms with Crippen molar-refractivity contribution < 1.29 is 23.2 Å². The summed E-state index contributed by atoms with van der Waals surface area (Å²) < 4.78 is 37.4. The molecule has 0 unspecified atom stereocenters. The molecule has 3 aromatic carbocycles. The molecule has 1 aliphatic heterocycles. The van der Waals surface area contributed by atoms with E-state index in [1.54, 1.807) is 23.9 Å². The van der Waals surface area contributed by atoms with Gasteiger partial charge in [0.15, 0.2) is 11.4 Å². The van der Waals surface area contributed by atoms with Gasteiger partial charge in [-0.2, -0.15) is 9.46 Å². The molecule has 0 N–H and O–H groups in total. The van der Waals surface area contributed by atoms with Crippen molar-refractivity contribution >= 4 is 32.0 Å². The van der Waals surface area contributed by atoms with Gasteiger partial charge in [-0.15, -0.1) is 0 Å². The predicted octanol–water partition coefficient (Wildman–Crippen LogP) is 6.07. The molecule has 1 aromatic heterocycles. The number of hydrogen-bond acceptors (Lipinski definition) is 7. The number of ether oxygens (including phenoxy) is 3. The molecule has 5 rings (SSSR count). The van der Waals surface area contributed by atoms with Gasteiger partial charge < -0.3 is 14.2 Å². The summed E-state index contributed by atoms with van der Waals surface area (Å²) in [6.45, 7) is 2.41. The third kappa shape index (κ3) is 5.63. The van der Waals surface area contributed by atoms with Crippen molar-refractivity contribution in [1.82, 2.24) is 9.78 Å². The zero-order valence-electron chi connectivity index (χ0n) is 22.5. The number of rotatable bonds is 9. The second kappa shape index (κ2) is 11.5. The van der Waals surface area contributed by atoms with Gasteiger partial charge in [-0.1, -0.05) is 42.8 Å². The van der Waals surface area contributed by atoms with Crippen molar-refractivity contribution in [3.63, 3.8) is 0 Å². The van der Waals surface area contributed by atoms with Crippen LogP contribution < -0.4 is 14.2 Å². The van der Waals surface area contributed by atoms with Gasteiger partial charge in [0, 0.05) is 18.6 Å². The number of benzene rings is 3. The molecular formula is C30H33N3O5S. The van der Waals surface area contributed by atoms with Crippen LogP contribution in [0.15, 0.2) is 65.2 Å². The first-order chi connectivity index (χ1) is 18.9. The highest BCUT2D eigenvalue weighted by molar-refractivity contribution is 7.93. The standard InChI is InChI=1S/C30H33N3O5S/c1-4-37-29-24(14-15-26(36-3)27(29)32-39(35)16-8-5-9-17-39)28(34)25-19-31-33(2)30(25)38-20-21-12-13-22-10-6-7-11-23(22)18-21/h6-7,10-15,18-19H,4-5,8-9,16-17,20H2,1-3H3. The van der Waals surface area contributed by atoms with Gasteiger partial charge in [0.1, 0.15) is 17.9 Å². The molecule has 39 heavy (non-hydrogen) atoms. The maximum absolute atomic E-state index is 13.9. The normalized spacial score (nSPS) is 14.6. The molecule has 204 valence electrons. The van der Waals surface area contributed by atoms with Crippen LogP contribution in [0, 0.1) is 0 Å². The Hall–Kier alpha value is -3.85. The Morgan fingerprint density at radius 2 is 1.77 bits per heavy atom. The molecular weight excluding hydrogens is 514 g/mol. The van der Waals surface area contributed by atoms with Gasteiger partial charge in [0.05, 0.1) is 35.2 Å². The maximum Gasteiger partial charge on any atom is 0.223 e. The predicted molar refractivity (Wildman–Crippen MR) is 153 cm³/mol. The smallest absolute Gasteiger partial charge is 0.223 e. The maximum atomic E-state index is 13.9. The number of carbonyl (C=O) groups is 1. The average molecular weight is 548 g/mol. The van der Waals surface area contributed by atoms with E-state index in [-0.39, 0.29) is 18.1 Å². The molecule has 1 aliphatic rings. The minimum Gasteiger partial charge on any atom is -0.494 e. The third-order valence-corrected chi connectivity index (χ3v) is 9.22. The highest BCUT2D eigenvalue weighted by Gasteiger charge is 2.27. The second-order valence-corrected chi connectivity index (χ2v) is 12.1. The SMILES string of the molecule is CCOc1c(C(=O)c2cnn(C)c2OCc2ccc3ccccc3c2)ccc(OC)c1N=S1(=O)CCCCC1. The summed E-state index contributed by atoms with van der Waals surface area (Å²) >= 11 is 0. The van der Waals surface area contributed by atoms with Crippen molar-refractivity contribution in [3.8, 4) is 17.4 Å². The Labute approximate surface area is 229 Å². The first kappa shape index (κ1) is 26.7. The molecule has 0 aliphatic carbocycles. The summed E-state index contributed by atoms with van der Waals surface area (Å²) in [6, 6.07) is 17.6. The number of carbonyl (C=O) groups excluding carboxylic acids is 1. The highest BCUT2D eigenvalue weighted by atomic mass is 32.2. The van der Waals surface area contributed by atoms with Crippen LogP contribution in [-0.4, -0.2) is 45.0 Å². The molecule has 0 amide bonds. The number of aryl methyl sites for hydroxylation is 1. The first-order valence-corrected chi connectivity index (χ1v) is 15.0. The summed E-state index contributed by atoms with van der Waals surface area (Å²) in [7, 11) is 0.791. The fraction of sp³-hybridized carbons (Fsp3) is 0.333. The van der Waals surface area contributed by atoms with Gasteiger partial charge >= 0.3 is 0 Å². The summed E-state index contributed by atoms with van der Waals surface area (Å²) in [4.78, 5) is 13.9. The van der Waals surface area contributed by atoms with Crippen molar-refractivity contribution in [3.05, 3.63) is 77.5 Å². The van der Waals surface area contributed by atoms with E-state index in [0.717, 1.165) is 35.6 Å². The molecule has 0 atom stereocenters. The van der Waals surface area contributed by atoms with E-state index in [1.807, 2.05) is 25.1 Å². The lowest BCUT2D eigenvalue weighted by Crippen LogP contribution is -2.16. The summed E-state index contributed by atoms with van der Waals surface area (Å²) in [5.41, 5.74) is 1.89. The van der Waals surface area contributed by atoms with Crippen LogP contribution in [-0.2, 0) is 23.4 Å². The lowest BCUT2D eigenvalue weighted by molar-refractivity contribution is 0.103. The number of nitrogens with zero attached hydrogens (tertiary/aromatic N) is 3. The van der Waals surface area contributed by atoms with Crippen LogP contribution in [0.4, 0.5) is 5.69 Å². The topological polar surface area (TPSA) is 92.0 Å². The summed E-state index contributed by atoms with van der Waals surface area (Å²) in [5, 5.41) is 6.57. The van der Waals surface area contributed by atoms with E-state index >= 15 is 0 Å². The Bertz CT molecular complexity index is 1620. The highest BCUT2D eigenvalue weighted by Crippen LogP contribution is 2.43. The number of methoxy groups -OCH3 is 1. The third-order valence-electron chi connectivity index (χ3n) is 6.85. The zero-order chi connectivity index (χ0) is 27.4. The Morgan fingerprint density at radius 3 is 2.51 bits per heavy atom. The number of hydrogen-bond donors (Lipinski definition) is 0. The van der Waals surface area contributed by atoms with Crippen LogP contribution in [0.2, 0.25) is 0 Å². The molecule has 8 nitrogen and oxygen atoms in total. The van der Waals surface area contributed by atoms with E-state index in [9.17, 15) is 9.00 Å². The van der Waals surface area contributed by atoms with E-state index < -0.39 is 9.73 Å². The van der Waals surface area contributed by atoms with Crippen LogP contribution in [0.25, 0.3) is 10.8 Å². The molecule has 1 fully saturated rings. The Balaban J connectivity index is 1.50. The van der Waals surface area contributed by atoms with Crippen molar-refractivity contribution in [2.75, 3.05) is 25.2 Å². The van der Waals surface area contributed by atoms with Crippen molar-refractivity contribution in [2.45, 2.75) is 32.8 Å². The van der Waals surface area contributed by atoms with Crippen LogP contribution in [0.5, 0.6) is 17.4 Å². The molecule has 9 heteroatoms. The molecule has 0 radical (unpaired) electrons. The minimum absolute atomic E-state index is 0.263. The summed E-state index contributed by atoms with van der Waals surface area (Å²) in [5.74, 6) is 1.76. The van der Waals surface area contributed by atoms with Crippen LogP contribution in [0.3, 0.4) is 0 Å². The molecule has 2 heterocycles. The zero-order valence-corrected chi connectivity index (χ0v) is 23.3. The molecule has 0 saturated carbocycles. The fourth-order valence-corrected chi connectivity index (χ4v) is 7.05. The second-order valence-electron chi connectivity index (χ2n) is 9.55. The Kier molecular flexibility index (Phi) is 7.88. The average Bonchev–Trinajstić information content (AvgIpc) is 3.32. The van der Waals surface area contributed by atoms with Crippen LogP contribution >= 0.6 is 0 Å². The number of fused-ring (bicyclic) bond motifs is 1. The minimum atomic E-state index is -2.47. The number of aromatic nitrogens is 2. The van der Waals surface area contributed by atoms with Crippen molar-refractivity contribution in [2.24, 2.45) is 11.4 Å². The quantitative estimate of drug-likeness (QED) is 0.236. The van der Waals surface area contributed by atoms with Gasteiger partial charge in [-0.25, -0.2) is 8.89 Å². The fourth-order valence-electron chi connectivity index (χ4n) is 4.84. The molecule has 0 spiro atoms. The van der Waals surface area contributed by atoms with E-state index in [1.165, 1.54) is 13.3 Å². The first-order valence-electron chi connectivity index (χ1n) is 13.2. The summed E-state index contributed by atoms with van der Waals surface area (Å²) in [6.07, 6.45) is 4.27. The molecule has 4 aromatic rings. The molecule has 0 bridgehead atoms. The van der Waals surface area contributed by atoms with E-state index in [0.29, 0.717) is 46.6 Å². The van der Waals surface area contributed by atoms with Gasteiger partial charge in [0.2, 0.25) is 11.7 Å². The molecule has 1 saturated heterocycles. The van der Waals surface area contributed by atoms with E-state index in [2.05, 4.69) is 33.7 Å². The monoisotopic (exact) mass is 547 g/mol. The number of ketones is 1. The van der Waals surface area contributed by atoms with Gasteiger partial charge in [0.25, 0.3) is 0 Å². The van der Waals surface area contributed by atoms with E-state index in [4.69, 9.17) is 14.2 Å².